The van der Waals surface area contributed by atoms with E-state index in [1.807, 2.05) is 38.1 Å². The molecular weight excluding hydrogens is 239 g/mol. The lowest BCUT2D eigenvalue weighted by Crippen LogP contribution is -2.31. The van der Waals surface area contributed by atoms with E-state index in [1.54, 1.807) is 18.2 Å². The van der Waals surface area contributed by atoms with Gasteiger partial charge in [-0.3, -0.25) is 0 Å². The van der Waals surface area contributed by atoms with E-state index in [0.717, 1.165) is 11.1 Å². The molecule has 0 aliphatic carbocycles. The summed E-state index contributed by atoms with van der Waals surface area (Å²) in [5.74, 6) is 0.481. The van der Waals surface area contributed by atoms with E-state index in [-0.39, 0.29) is 0 Å². The first-order valence-corrected chi connectivity index (χ1v) is 6.12. The second-order valence-electron chi connectivity index (χ2n) is 4.18. The summed E-state index contributed by atoms with van der Waals surface area (Å²) in [7, 11) is -1.54. The van der Waals surface area contributed by atoms with Gasteiger partial charge in [0.1, 0.15) is 12.4 Å². The maximum atomic E-state index is 9.30. The van der Waals surface area contributed by atoms with Crippen molar-refractivity contribution < 1.29 is 14.8 Å². The van der Waals surface area contributed by atoms with Gasteiger partial charge in [0.15, 0.2) is 0 Å². The molecular formula is C15H19BO3. The minimum atomic E-state index is -1.54. The number of aryl methyl sites for hydroxylation is 1. The number of benzene rings is 1. The molecule has 0 aliphatic heterocycles. The quantitative estimate of drug-likeness (QED) is 0.603. The molecule has 100 valence electrons. The average molecular weight is 258 g/mol. The molecule has 3 nitrogen and oxygen atoms in total. The average Bonchev–Trinajstić information content (AvgIpc) is 2.36. The second-order valence-corrected chi connectivity index (χ2v) is 4.18. The first-order valence-electron chi connectivity index (χ1n) is 6.12. The van der Waals surface area contributed by atoms with Gasteiger partial charge in [0.2, 0.25) is 0 Å². The normalized spacial score (nSPS) is 11.7. The summed E-state index contributed by atoms with van der Waals surface area (Å²) in [6.45, 7) is 7.85. The zero-order valence-electron chi connectivity index (χ0n) is 11.3. The Balaban J connectivity index is 2.89. The van der Waals surface area contributed by atoms with Crippen LogP contribution in [0.2, 0.25) is 0 Å². The molecule has 0 aromatic heterocycles. The summed E-state index contributed by atoms with van der Waals surface area (Å²) in [6, 6.07) is 5.26. The largest absolute Gasteiger partial charge is 0.492 e. The maximum Gasteiger partial charge on any atom is 0.492 e. The number of hydrogen-bond donors (Lipinski definition) is 2. The van der Waals surface area contributed by atoms with Gasteiger partial charge in [-0.2, -0.15) is 0 Å². The van der Waals surface area contributed by atoms with E-state index in [9.17, 15) is 10.0 Å². The Morgan fingerprint density at radius 1 is 1.42 bits per heavy atom. The minimum Gasteiger partial charge on any atom is -0.489 e. The van der Waals surface area contributed by atoms with Gasteiger partial charge in [-0.05, 0) is 31.1 Å². The third-order valence-electron chi connectivity index (χ3n) is 2.55. The number of ether oxygens (including phenoxy) is 1. The van der Waals surface area contributed by atoms with Crippen molar-refractivity contribution in [2.45, 2.75) is 13.8 Å². The van der Waals surface area contributed by atoms with E-state index < -0.39 is 7.12 Å². The zero-order valence-corrected chi connectivity index (χ0v) is 11.3. The van der Waals surface area contributed by atoms with Crippen molar-refractivity contribution in [1.29, 1.82) is 0 Å². The lowest BCUT2D eigenvalue weighted by atomic mass is 9.79. The molecule has 0 aliphatic rings. The van der Waals surface area contributed by atoms with Crippen molar-refractivity contribution in [3.05, 3.63) is 60.2 Å². The molecule has 4 heteroatoms. The third-order valence-corrected chi connectivity index (χ3v) is 2.55. The first-order chi connectivity index (χ1) is 9.08. The van der Waals surface area contributed by atoms with Crippen molar-refractivity contribution in [3.63, 3.8) is 0 Å². The molecule has 1 rings (SSSR count). The summed E-state index contributed by atoms with van der Waals surface area (Å²) >= 11 is 0. The molecule has 0 spiro atoms. The van der Waals surface area contributed by atoms with Crippen molar-refractivity contribution in [3.8, 4) is 5.75 Å². The van der Waals surface area contributed by atoms with Crippen LogP contribution in [0.1, 0.15) is 12.5 Å². The van der Waals surface area contributed by atoms with Crippen LogP contribution in [-0.4, -0.2) is 23.8 Å². The molecule has 0 unspecified atom stereocenters. The molecule has 2 N–H and O–H groups in total. The fourth-order valence-corrected chi connectivity index (χ4v) is 1.66. The SMILES string of the molecule is C=C/C=C(\C=C/C)COc1cc(C)ccc1B(O)O. The third kappa shape index (κ3) is 4.77. The smallest absolute Gasteiger partial charge is 0.489 e. The van der Waals surface area contributed by atoms with E-state index in [4.69, 9.17) is 4.74 Å². The Hall–Kier alpha value is -1.78. The Bertz CT molecular complexity index is 490. The standard InChI is InChI=1S/C15H19BO3/c1-4-6-13(7-5-2)11-19-15-10-12(3)8-9-14(15)16(17)18/h4-10,17-18H,1,11H2,2-3H3/b7-5-,13-6+. The zero-order chi connectivity index (χ0) is 14.3. The van der Waals surface area contributed by atoms with Crippen molar-refractivity contribution >= 4 is 12.6 Å². The lowest BCUT2D eigenvalue weighted by Gasteiger charge is -2.12. The minimum absolute atomic E-state index is 0.347. The van der Waals surface area contributed by atoms with Crippen molar-refractivity contribution in [2.75, 3.05) is 6.61 Å². The van der Waals surface area contributed by atoms with Gasteiger partial charge in [0.05, 0.1) is 0 Å². The topological polar surface area (TPSA) is 49.7 Å². The highest BCUT2D eigenvalue weighted by molar-refractivity contribution is 6.59. The van der Waals surface area contributed by atoms with Crippen LogP contribution in [0.3, 0.4) is 0 Å². The van der Waals surface area contributed by atoms with E-state index in [2.05, 4.69) is 6.58 Å². The summed E-state index contributed by atoms with van der Waals surface area (Å²) < 4.78 is 5.66. The molecule has 19 heavy (non-hydrogen) atoms. The van der Waals surface area contributed by atoms with Gasteiger partial charge in [0.25, 0.3) is 0 Å². The molecule has 0 fully saturated rings. The summed E-state index contributed by atoms with van der Waals surface area (Å²) in [6.07, 6.45) is 7.38. The molecule has 0 heterocycles. The Kier molecular flexibility index (Phi) is 6.12. The van der Waals surface area contributed by atoms with Crippen LogP contribution >= 0.6 is 0 Å². The van der Waals surface area contributed by atoms with Crippen LogP contribution in [0.4, 0.5) is 0 Å². The van der Waals surface area contributed by atoms with Crippen LogP contribution in [-0.2, 0) is 0 Å². The highest BCUT2D eigenvalue weighted by Crippen LogP contribution is 2.12. The Labute approximate surface area is 114 Å². The van der Waals surface area contributed by atoms with Gasteiger partial charge < -0.3 is 14.8 Å². The lowest BCUT2D eigenvalue weighted by molar-refractivity contribution is 0.354. The predicted molar refractivity (Wildman–Crippen MR) is 79.6 cm³/mol. The van der Waals surface area contributed by atoms with Crippen LogP contribution in [0.25, 0.3) is 0 Å². The fourth-order valence-electron chi connectivity index (χ4n) is 1.66. The van der Waals surface area contributed by atoms with Crippen molar-refractivity contribution in [1.82, 2.24) is 0 Å². The summed E-state index contributed by atoms with van der Waals surface area (Å²) in [5.41, 5.74) is 2.32. The van der Waals surface area contributed by atoms with E-state index in [0.29, 0.717) is 17.8 Å². The predicted octanol–water partition coefficient (Wildman–Crippen LogP) is 1.74. The van der Waals surface area contributed by atoms with Gasteiger partial charge in [-0.1, -0.05) is 43.0 Å². The Morgan fingerprint density at radius 3 is 2.74 bits per heavy atom. The second kappa shape index (κ2) is 7.61. The Morgan fingerprint density at radius 2 is 2.16 bits per heavy atom. The highest BCUT2D eigenvalue weighted by Gasteiger charge is 2.17. The van der Waals surface area contributed by atoms with Crippen molar-refractivity contribution in [2.24, 2.45) is 0 Å². The van der Waals surface area contributed by atoms with E-state index >= 15 is 0 Å². The molecule has 0 saturated heterocycles. The summed E-state index contributed by atoms with van der Waals surface area (Å²) in [5, 5.41) is 18.6. The number of rotatable bonds is 6. The van der Waals surface area contributed by atoms with Crippen LogP contribution in [0.15, 0.2) is 54.7 Å². The first kappa shape index (κ1) is 15.3. The van der Waals surface area contributed by atoms with Gasteiger partial charge in [-0.25, -0.2) is 0 Å². The van der Waals surface area contributed by atoms with Gasteiger partial charge >= 0.3 is 7.12 Å². The van der Waals surface area contributed by atoms with Crippen LogP contribution < -0.4 is 10.2 Å². The molecule has 1 aromatic rings. The monoisotopic (exact) mass is 258 g/mol. The maximum absolute atomic E-state index is 9.30. The molecule has 0 atom stereocenters. The van der Waals surface area contributed by atoms with Gasteiger partial charge in [-0.15, -0.1) is 0 Å². The summed E-state index contributed by atoms with van der Waals surface area (Å²) in [4.78, 5) is 0. The fraction of sp³-hybridized carbons (Fsp3) is 0.200. The number of hydrogen-bond acceptors (Lipinski definition) is 3. The highest BCUT2D eigenvalue weighted by atomic mass is 16.5. The van der Waals surface area contributed by atoms with E-state index in [1.165, 1.54) is 0 Å². The molecule has 1 aromatic carbocycles. The molecule has 0 bridgehead atoms. The molecule has 0 amide bonds. The molecule has 0 radical (unpaired) electrons. The van der Waals surface area contributed by atoms with Crippen LogP contribution in [0, 0.1) is 6.92 Å². The number of allylic oxidation sites excluding steroid dienone is 3. The molecule has 0 saturated carbocycles. The van der Waals surface area contributed by atoms with Gasteiger partial charge in [0, 0.05) is 5.46 Å². The van der Waals surface area contributed by atoms with Crippen LogP contribution in [0.5, 0.6) is 5.75 Å².